The summed E-state index contributed by atoms with van der Waals surface area (Å²) in [4.78, 5) is 7.03. The zero-order chi connectivity index (χ0) is 10.8. The van der Waals surface area contributed by atoms with Gasteiger partial charge in [-0.3, -0.25) is 0 Å². The van der Waals surface area contributed by atoms with Crippen LogP contribution in [0.4, 0.5) is 14.8 Å². The van der Waals surface area contributed by atoms with E-state index in [0.29, 0.717) is 0 Å². The number of nitrogens with zero attached hydrogens (tertiary/aromatic N) is 4. The van der Waals surface area contributed by atoms with Gasteiger partial charge in [0, 0.05) is 6.20 Å². The van der Waals surface area contributed by atoms with Crippen molar-refractivity contribution in [2.24, 2.45) is 0 Å². The molecule has 0 aliphatic heterocycles. The number of hydrogen-bond donors (Lipinski definition) is 1. The van der Waals surface area contributed by atoms with Crippen LogP contribution in [0.15, 0.2) is 16.9 Å². The summed E-state index contributed by atoms with van der Waals surface area (Å²) in [6.45, 7) is 0. The van der Waals surface area contributed by atoms with Crippen molar-refractivity contribution in [3.8, 4) is 11.5 Å². The molecule has 0 saturated heterocycles. The van der Waals surface area contributed by atoms with E-state index in [9.17, 15) is 8.78 Å². The van der Waals surface area contributed by atoms with Gasteiger partial charge in [0.25, 0.3) is 12.3 Å². The van der Waals surface area contributed by atoms with Crippen LogP contribution in [0.25, 0.3) is 11.5 Å². The van der Waals surface area contributed by atoms with Crippen molar-refractivity contribution >= 4 is 6.01 Å². The van der Waals surface area contributed by atoms with Gasteiger partial charge in [0.05, 0.1) is 5.56 Å². The Morgan fingerprint density at radius 3 is 2.73 bits per heavy atom. The maximum Gasteiger partial charge on any atom is 0.313 e. The SMILES string of the molecule is Nc1nnc(-c2cncnc2C(F)F)o1. The largest absolute Gasteiger partial charge is 0.403 e. The second-order valence-electron chi connectivity index (χ2n) is 2.57. The maximum absolute atomic E-state index is 12.5. The van der Waals surface area contributed by atoms with Crippen LogP contribution in [0, 0.1) is 0 Å². The quantitative estimate of drug-likeness (QED) is 0.801. The minimum atomic E-state index is -2.74. The predicted molar refractivity (Wildman–Crippen MR) is 44.7 cm³/mol. The highest BCUT2D eigenvalue weighted by Crippen LogP contribution is 2.27. The smallest absolute Gasteiger partial charge is 0.313 e. The first-order valence-electron chi connectivity index (χ1n) is 3.86. The molecule has 6 nitrogen and oxygen atoms in total. The number of alkyl halides is 2. The van der Waals surface area contributed by atoms with Gasteiger partial charge in [-0.1, -0.05) is 5.10 Å². The predicted octanol–water partition coefficient (Wildman–Crippen LogP) is 1.05. The van der Waals surface area contributed by atoms with E-state index in [2.05, 4.69) is 20.2 Å². The fourth-order valence-corrected chi connectivity index (χ4v) is 1.02. The van der Waals surface area contributed by atoms with Gasteiger partial charge >= 0.3 is 6.01 Å². The lowest BCUT2D eigenvalue weighted by Gasteiger charge is -2.01. The van der Waals surface area contributed by atoms with Crippen LogP contribution in [0.5, 0.6) is 0 Å². The van der Waals surface area contributed by atoms with Crippen molar-refractivity contribution in [1.29, 1.82) is 0 Å². The maximum atomic E-state index is 12.5. The van der Waals surface area contributed by atoms with E-state index in [-0.39, 0.29) is 17.5 Å². The van der Waals surface area contributed by atoms with E-state index in [1.807, 2.05) is 0 Å². The van der Waals surface area contributed by atoms with E-state index in [1.54, 1.807) is 0 Å². The Bertz CT molecular complexity index is 472. The molecule has 2 heterocycles. The number of nitrogens with two attached hydrogens (primary N) is 1. The third-order valence-electron chi connectivity index (χ3n) is 1.62. The van der Waals surface area contributed by atoms with Gasteiger partial charge in [-0.05, 0) is 0 Å². The van der Waals surface area contributed by atoms with Crippen LogP contribution < -0.4 is 5.73 Å². The summed E-state index contributed by atoms with van der Waals surface area (Å²) in [6, 6.07) is -0.200. The number of aromatic nitrogens is 4. The molecule has 0 fully saturated rings. The number of hydrogen-bond acceptors (Lipinski definition) is 6. The van der Waals surface area contributed by atoms with Crippen molar-refractivity contribution in [3.63, 3.8) is 0 Å². The van der Waals surface area contributed by atoms with Crippen molar-refractivity contribution in [1.82, 2.24) is 20.2 Å². The lowest BCUT2D eigenvalue weighted by Crippen LogP contribution is -1.95. The summed E-state index contributed by atoms with van der Waals surface area (Å²) in [5.74, 6) is -0.122. The van der Waals surface area contributed by atoms with Gasteiger partial charge in [-0.25, -0.2) is 18.7 Å². The topological polar surface area (TPSA) is 90.7 Å². The molecule has 0 aromatic carbocycles. The van der Waals surface area contributed by atoms with Crippen LogP contribution in [-0.4, -0.2) is 20.2 Å². The molecule has 0 aliphatic carbocycles. The third kappa shape index (κ3) is 1.73. The molecule has 0 bridgehead atoms. The zero-order valence-electron chi connectivity index (χ0n) is 7.26. The second-order valence-corrected chi connectivity index (χ2v) is 2.57. The Balaban J connectivity index is 2.52. The van der Waals surface area contributed by atoms with E-state index >= 15 is 0 Å². The van der Waals surface area contributed by atoms with E-state index in [4.69, 9.17) is 10.2 Å². The standard InChI is InChI=1S/C7H5F2N5O/c8-5(9)4-3(1-11-2-12-4)6-13-14-7(10)15-6/h1-2,5H,(H2,10,14). The summed E-state index contributed by atoms with van der Waals surface area (Å²) < 4.78 is 29.8. The summed E-state index contributed by atoms with van der Waals surface area (Å²) in [5.41, 5.74) is 4.69. The van der Waals surface area contributed by atoms with Crippen molar-refractivity contribution in [2.45, 2.75) is 6.43 Å². The second kappa shape index (κ2) is 3.56. The van der Waals surface area contributed by atoms with Gasteiger partial charge in [0.1, 0.15) is 12.0 Å². The molecule has 2 rings (SSSR count). The monoisotopic (exact) mass is 213 g/mol. The minimum Gasteiger partial charge on any atom is -0.403 e. The van der Waals surface area contributed by atoms with Crippen LogP contribution in [-0.2, 0) is 0 Å². The van der Waals surface area contributed by atoms with Gasteiger partial charge in [0.15, 0.2) is 0 Å². The fraction of sp³-hybridized carbons (Fsp3) is 0.143. The molecule has 2 aromatic heterocycles. The number of anilines is 1. The van der Waals surface area contributed by atoms with Gasteiger partial charge in [-0.15, -0.1) is 5.10 Å². The molecule has 8 heteroatoms. The molecular weight excluding hydrogens is 208 g/mol. The van der Waals surface area contributed by atoms with Gasteiger partial charge in [0.2, 0.25) is 0 Å². The molecular formula is C7H5F2N5O. The Morgan fingerprint density at radius 1 is 1.33 bits per heavy atom. The van der Waals surface area contributed by atoms with Crippen molar-refractivity contribution in [2.75, 3.05) is 5.73 Å². The fourth-order valence-electron chi connectivity index (χ4n) is 1.02. The first-order valence-corrected chi connectivity index (χ1v) is 3.86. The van der Waals surface area contributed by atoms with Crippen LogP contribution in [0.3, 0.4) is 0 Å². The molecule has 2 N–H and O–H groups in total. The normalized spacial score (nSPS) is 10.9. The van der Waals surface area contributed by atoms with Crippen molar-refractivity contribution in [3.05, 3.63) is 18.2 Å². The van der Waals surface area contributed by atoms with E-state index in [1.165, 1.54) is 6.20 Å². The molecule has 0 radical (unpaired) electrons. The van der Waals surface area contributed by atoms with Crippen LogP contribution in [0.2, 0.25) is 0 Å². The number of nitrogen functional groups attached to an aromatic ring is 1. The van der Waals surface area contributed by atoms with Gasteiger partial charge < -0.3 is 10.2 Å². The van der Waals surface area contributed by atoms with Crippen LogP contribution >= 0.6 is 0 Å². The highest BCUT2D eigenvalue weighted by atomic mass is 19.3. The third-order valence-corrected chi connectivity index (χ3v) is 1.62. The lowest BCUT2D eigenvalue weighted by atomic mass is 10.2. The molecule has 0 spiro atoms. The Kier molecular flexibility index (Phi) is 2.24. The summed E-state index contributed by atoms with van der Waals surface area (Å²) in [6.07, 6.45) is -0.553. The molecule has 0 atom stereocenters. The number of rotatable bonds is 2. The highest BCUT2D eigenvalue weighted by molar-refractivity contribution is 5.55. The lowest BCUT2D eigenvalue weighted by molar-refractivity contribution is 0.146. The highest BCUT2D eigenvalue weighted by Gasteiger charge is 2.19. The average Bonchev–Trinajstić information content (AvgIpc) is 2.65. The Hall–Kier alpha value is -2.12. The van der Waals surface area contributed by atoms with Crippen LogP contribution in [0.1, 0.15) is 12.1 Å². The molecule has 0 amide bonds. The first-order chi connectivity index (χ1) is 7.18. The van der Waals surface area contributed by atoms with Gasteiger partial charge in [-0.2, -0.15) is 0 Å². The molecule has 0 aliphatic rings. The Morgan fingerprint density at radius 2 is 2.13 bits per heavy atom. The minimum absolute atomic E-state index is 0.0169. The summed E-state index contributed by atoms with van der Waals surface area (Å²) in [5, 5.41) is 6.83. The van der Waals surface area contributed by atoms with Crippen molar-refractivity contribution < 1.29 is 13.2 Å². The molecule has 78 valence electrons. The molecule has 0 saturated carbocycles. The zero-order valence-corrected chi connectivity index (χ0v) is 7.26. The average molecular weight is 213 g/mol. The summed E-state index contributed by atoms with van der Waals surface area (Å²) >= 11 is 0. The summed E-state index contributed by atoms with van der Waals surface area (Å²) in [7, 11) is 0. The van der Waals surface area contributed by atoms with E-state index in [0.717, 1.165) is 6.33 Å². The molecule has 15 heavy (non-hydrogen) atoms. The molecule has 2 aromatic rings. The first kappa shape index (κ1) is 9.44. The molecule has 0 unspecified atom stereocenters. The Labute approximate surface area is 82.2 Å². The number of halogens is 2. The van der Waals surface area contributed by atoms with E-state index < -0.39 is 12.1 Å².